The molecule has 0 aromatic carbocycles. The molecule has 1 aliphatic carbocycles. The number of rotatable bonds is 5. The van der Waals surface area contributed by atoms with Crippen LogP contribution >= 0.6 is 0 Å². The molecule has 2 N–H and O–H groups in total. The third-order valence-electron chi connectivity index (χ3n) is 3.06. The molecule has 1 aromatic heterocycles. The molecule has 0 bridgehead atoms. The fourth-order valence-corrected chi connectivity index (χ4v) is 2.31. The molecule has 1 fully saturated rings. The van der Waals surface area contributed by atoms with E-state index in [1.54, 1.807) is 0 Å². The lowest BCUT2D eigenvalue weighted by atomic mass is 10.2. The molecule has 0 radical (unpaired) electrons. The van der Waals surface area contributed by atoms with Crippen molar-refractivity contribution in [1.82, 2.24) is 10.0 Å². The number of alkyl halides is 3. The minimum absolute atomic E-state index is 0.0267. The molecule has 1 saturated carbocycles. The van der Waals surface area contributed by atoms with Gasteiger partial charge in [-0.25, -0.2) is 13.1 Å². The molecule has 0 atom stereocenters. The first-order chi connectivity index (χ1) is 8.70. The highest BCUT2D eigenvalue weighted by Gasteiger charge is 2.63. The third-order valence-corrected chi connectivity index (χ3v) is 4.35. The molecule has 9 heteroatoms. The van der Waals surface area contributed by atoms with Gasteiger partial charge in [0.25, 0.3) is 10.0 Å². The summed E-state index contributed by atoms with van der Waals surface area (Å²) in [5.74, 6) is 0.143. The van der Waals surface area contributed by atoms with Crippen molar-refractivity contribution in [3.63, 3.8) is 0 Å². The van der Waals surface area contributed by atoms with Gasteiger partial charge < -0.3 is 4.42 Å². The van der Waals surface area contributed by atoms with Crippen molar-refractivity contribution in [3.8, 4) is 0 Å². The molecule has 19 heavy (non-hydrogen) atoms. The van der Waals surface area contributed by atoms with Gasteiger partial charge in [-0.2, -0.15) is 13.2 Å². The number of nitrogens with one attached hydrogen (secondary N) is 2. The smallest absolute Gasteiger partial charge is 0.406 e. The van der Waals surface area contributed by atoms with E-state index in [4.69, 9.17) is 4.42 Å². The van der Waals surface area contributed by atoms with Crippen molar-refractivity contribution < 1.29 is 26.0 Å². The number of halogens is 3. The quantitative estimate of drug-likeness (QED) is 0.861. The minimum Gasteiger partial charge on any atom is -0.447 e. The molecular weight excluding hydrogens is 285 g/mol. The average molecular weight is 298 g/mol. The second-order valence-electron chi connectivity index (χ2n) is 4.36. The molecule has 0 aliphatic heterocycles. The standard InChI is InChI=1S/C10H13F3N2O3S/c1-14-19(16,17)8-3-2-7(18-8)6-15-9(4-5-9)10(11,12)13/h2-3,14-15H,4-6H2,1H3. The summed E-state index contributed by atoms with van der Waals surface area (Å²) in [7, 11) is -2.49. The molecule has 2 rings (SSSR count). The Hall–Kier alpha value is -1.06. The SMILES string of the molecule is CNS(=O)(=O)c1ccc(CNC2(C(F)(F)F)CC2)o1. The lowest BCUT2D eigenvalue weighted by Gasteiger charge is -2.19. The molecule has 1 aromatic rings. The molecular formula is C10H13F3N2O3S. The van der Waals surface area contributed by atoms with Crippen molar-refractivity contribution in [2.24, 2.45) is 0 Å². The van der Waals surface area contributed by atoms with Gasteiger partial charge in [0.05, 0.1) is 6.54 Å². The van der Waals surface area contributed by atoms with E-state index >= 15 is 0 Å². The Bertz CT molecular complexity index is 561. The first-order valence-corrected chi connectivity index (χ1v) is 7.02. The Balaban J connectivity index is 2.03. The molecule has 108 valence electrons. The van der Waals surface area contributed by atoms with Gasteiger partial charge in [-0.1, -0.05) is 0 Å². The van der Waals surface area contributed by atoms with Crippen molar-refractivity contribution in [1.29, 1.82) is 0 Å². The average Bonchev–Trinajstić information content (AvgIpc) is 2.97. The van der Waals surface area contributed by atoms with Gasteiger partial charge in [-0.05, 0) is 32.0 Å². The van der Waals surface area contributed by atoms with Crippen molar-refractivity contribution in [2.75, 3.05) is 7.05 Å². The lowest BCUT2D eigenvalue weighted by molar-refractivity contribution is -0.166. The molecule has 0 saturated heterocycles. The monoisotopic (exact) mass is 298 g/mol. The van der Waals surface area contributed by atoms with E-state index in [2.05, 4.69) is 10.0 Å². The Kier molecular flexibility index (Phi) is 3.40. The van der Waals surface area contributed by atoms with E-state index in [1.807, 2.05) is 0 Å². The van der Waals surface area contributed by atoms with E-state index in [-0.39, 0.29) is 30.2 Å². The predicted octanol–water partition coefficient (Wildman–Crippen LogP) is 1.37. The second kappa shape index (κ2) is 4.50. The summed E-state index contributed by atoms with van der Waals surface area (Å²) in [5, 5.41) is 2.06. The lowest BCUT2D eigenvalue weighted by Crippen LogP contribution is -2.44. The van der Waals surface area contributed by atoms with Crippen LogP contribution in [-0.2, 0) is 16.6 Å². The number of furan rings is 1. The van der Waals surface area contributed by atoms with E-state index in [0.717, 1.165) is 0 Å². The van der Waals surface area contributed by atoms with Gasteiger partial charge in [0.2, 0.25) is 5.09 Å². The fourth-order valence-electron chi connectivity index (χ4n) is 1.64. The highest BCUT2D eigenvalue weighted by Crippen LogP contribution is 2.49. The zero-order valence-corrected chi connectivity index (χ0v) is 10.9. The van der Waals surface area contributed by atoms with Crippen LogP contribution in [0.15, 0.2) is 21.6 Å². The van der Waals surface area contributed by atoms with E-state index in [0.29, 0.717) is 0 Å². The predicted molar refractivity (Wildman–Crippen MR) is 59.8 cm³/mol. The van der Waals surface area contributed by atoms with Crippen LogP contribution in [0.25, 0.3) is 0 Å². The van der Waals surface area contributed by atoms with Crippen LogP contribution in [0.5, 0.6) is 0 Å². The zero-order chi connectivity index (χ0) is 14.3. The summed E-state index contributed by atoms with van der Waals surface area (Å²) in [6.07, 6.45) is -4.25. The van der Waals surface area contributed by atoms with Crippen LogP contribution in [-0.4, -0.2) is 27.2 Å². The largest absolute Gasteiger partial charge is 0.447 e. The van der Waals surface area contributed by atoms with Crippen LogP contribution in [0.4, 0.5) is 13.2 Å². The van der Waals surface area contributed by atoms with Gasteiger partial charge >= 0.3 is 6.18 Å². The highest BCUT2D eigenvalue weighted by molar-refractivity contribution is 7.89. The number of hydrogen-bond donors (Lipinski definition) is 2. The number of hydrogen-bond acceptors (Lipinski definition) is 4. The van der Waals surface area contributed by atoms with E-state index in [9.17, 15) is 21.6 Å². The maximum Gasteiger partial charge on any atom is 0.406 e. The van der Waals surface area contributed by atoms with Gasteiger partial charge in [0, 0.05) is 0 Å². The maximum atomic E-state index is 12.6. The van der Waals surface area contributed by atoms with Crippen LogP contribution in [0, 0.1) is 0 Å². The summed E-state index contributed by atoms with van der Waals surface area (Å²) >= 11 is 0. The van der Waals surface area contributed by atoms with Crippen LogP contribution in [0.3, 0.4) is 0 Å². The van der Waals surface area contributed by atoms with E-state index < -0.39 is 21.7 Å². The van der Waals surface area contributed by atoms with Crippen molar-refractivity contribution in [2.45, 2.75) is 36.2 Å². The minimum atomic E-state index is -4.31. The molecule has 0 unspecified atom stereocenters. The third kappa shape index (κ3) is 2.77. The summed E-state index contributed by atoms with van der Waals surface area (Å²) in [5.41, 5.74) is -1.85. The first kappa shape index (κ1) is 14.4. The van der Waals surface area contributed by atoms with Crippen molar-refractivity contribution in [3.05, 3.63) is 17.9 Å². The Morgan fingerprint density at radius 3 is 2.47 bits per heavy atom. The van der Waals surface area contributed by atoms with Crippen LogP contribution < -0.4 is 10.0 Å². The summed E-state index contributed by atoms with van der Waals surface area (Å²) in [4.78, 5) is 0. The summed E-state index contributed by atoms with van der Waals surface area (Å²) in [6.45, 7) is -0.168. The van der Waals surface area contributed by atoms with Crippen LogP contribution in [0.1, 0.15) is 18.6 Å². The van der Waals surface area contributed by atoms with Crippen LogP contribution in [0.2, 0.25) is 0 Å². The zero-order valence-electron chi connectivity index (χ0n) is 10.0. The maximum absolute atomic E-state index is 12.6. The van der Waals surface area contributed by atoms with Gasteiger partial charge in [0.1, 0.15) is 11.3 Å². The molecule has 0 spiro atoms. The molecule has 0 amide bonds. The fraction of sp³-hybridized carbons (Fsp3) is 0.600. The Labute approximate surface area is 108 Å². The second-order valence-corrected chi connectivity index (χ2v) is 6.18. The van der Waals surface area contributed by atoms with Gasteiger partial charge in [0.15, 0.2) is 0 Å². The first-order valence-electron chi connectivity index (χ1n) is 5.54. The summed E-state index contributed by atoms with van der Waals surface area (Å²) < 4.78 is 67.8. The molecule has 1 heterocycles. The topological polar surface area (TPSA) is 71.3 Å². The summed E-state index contributed by atoms with van der Waals surface area (Å²) in [6, 6.07) is 2.54. The van der Waals surface area contributed by atoms with Gasteiger partial charge in [-0.3, -0.25) is 5.32 Å². The normalized spacial score (nSPS) is 18.5. The van der Waals surface area contributed by atoms with Crippen molar-refractivity contribution >= 4 is 10.0 Å². The van der Waals surface area contributed by atoms with Gasteiger partial charge in [-0.15, -0.1) is 0 Å². The highest BCUT2D eigenvalue weighted by atomic mass is 32.2. The molecule has 1 aliphatic rings. The Morgan fingerprint density at radius 1 is 1.37 bits per heavy atom. The number of sulfonamides is 1. The Morgan fingerprint density at radius 2 is 2.00 bits per heavy atom. The molecule has 5 nitrogen and oxygen atoms in total. The van der Waals surface area contributed by atoms with E-state index in [1.165, 1.54) is 19.2 Å².